The minimum absolute atomic E-state index is 0.0620. The molecule has 2 aromatic rings. The summed E-state index contributed by atoms with van der Waals surface area (Å²) in [6.45, 7) is 8.08. The van der Waals surface area contributed by atoms with Crippen molar-refractivity contribution in [2.24, 2.45) is 4.99 Å². The lowest BCUT2D eigenvalue weighted by Gasteiger charge is -2.12. The van der Waals surface area contributed by atoms with Gasteiger partial charge in [0.1, 0.15) is 5.69 Å². The molecule has 0 unspecified atom stereocenters. The maximum Gasteiger partial charge on any atom is 0.433 e. The van der Waals surface area contributed by atoms with E-state index in [1.165, 1.54) is 4.88 Å². The Balaban J connectivity index is 1.79. The fourth-order valence-electron chi connectivity index (χ4n) is 2.21. The second-order valence-corrected chi connectivity index (χ2v) is 7.16. The Hall–Kier alpha value is -2.43. The lowest BCUT2D eigenvalue weighted by atomic mass is 10.4. The van der Waals surface area contributed by atoms with Crippen molar-refractivity contribution in [3.8, 4) is 0 Å². The summed E-state index contributed by atoms with van der Waals surface area (Å²) in [4.78, 5) is 17.5. The fourth-order valence-corrected chi connectivity index (χ4v) is 3.13. The number of aromatic nitrogens is 3. The van der Waals surface area contributed by atoms with Crippen LogP contribution in [0.3, 0.4) is 0 Å². The highest BCUT2D eigenvalue weighted by Crippen LogP contribution is 2.27. The van der Waals surface area contributed by atoms with Gasteiger partial charge < -0.3 is 16.0 Å². The summed E-state index contributed by atoms with van der Waals surface area (Å²) >= 11 is 1.68. The molecule has 0 amide bonds. The standard InChI is InChI=1S/C17H24F3N7S/c1-4-21-15(22-8-6-14-26-11(2)12(3)28-14)24-9-10-25-16-23-7-5-13(27-16)17(18,19)20/h5,7H,4,6,8-10H2,1-3H3,(H2,21,22,24)(H,23,25,27). The highest BCUT2D eigenvalue weighted by molar-refractivity contribution is 7.11. The molecule has 3 N–H and O–H groups in total. The number of alkyl halides is 3. The van der Waals surface area contributed by atoms with E-state index in [2.05, 4.69) is 35.9 Å². The van der Waals surface area contributed by atoms with Gasteiger partial charge in [0.15, 0.2) is 5.96 Å². The topological polar surface area (TPSA) is 87.1 Å². The van der Waals surface area contributed by atoms with Crippen molar-refractivity contribution in [2.75, 3.05) is 31.5 Å². The third-order valence-corrected chi connectivity index (χ3v) is 4.79. The number of rotatable bonds is 8. The zero-order chi connectivity index (χ0) is 20.6. The van der Waals surface area contributed by atoms with Crippen molar-refractivity contribution >= 4 is 23.2 Å². The van der Waals surface area contributed by atoms with Crippen LogP contribution >= 0.6 is 11.3 Å². The molecule has 0 aliphatic heterocycles. The summed E-state index contributed by atoms with van der Waals surface area (Å²) in [6, 6.07) is 0.838. The number of nitrogens with one attached hydrogen (secondary N) is 3. The third kappa shape index (κ3) is 6.95. The molecule has 0 saturated carbocycles. The minimum atomic E-state index is -4.49. The van der Waals surface area contributed by atoms with Crippen LogP contribution < -0.4 is 16.0 Å². The van der Waals surface area contributed by atoms with Crippen LogP contribution in [0.5, 0.6) is 0 Å². The van der Waals surface area contributed by atoms with Gasteiger partial charge in [-0.05, 0) is 26.8 Å². The highest BCUT2D eigenvalue weighted by atomic mass is 32.1. The summed E-state index contributed by atoms with van der Waals surface area (Å²) in [5.74, 6) is 0.576. The fraction of sp³-hybridized carbons (Fsp3) is 0.529. The van der Waals surface area contributed by atoms with Crippen LogP contribution in [-0.2, 0) is 12.6 Å². The molecule has 0 aliphatic carbocycles. The van der Waals surface area contributed by atoms with Gasteiger partial charge in [-0.15, -0.1) is 11.3 Å². The van der Waals surface area contributed by atoms with E-state index in [1.54, 1.807) is 11.3 Å². The van der Waals surface area contributed by atoms with Crippen LogP contribution in [0.2, 0.25) is 0 Å². The smallest absolute Gasteiger partial charge is 0.357 e. The summed E-state index contributed by atoms with van der Waals surface area (Å²) in [7, 11) is 0. The predicted molar refractivity (Wildman–Crippen MR) is 105 cm³/mol. The molecule has 0 atom stereocenters. The molecule has 0 saturated heterocycles. The van der Waals surface area contributed by atoms with E-state index in [1.807, 2.05) is 20.8 Å². The van der Waals surface area contributed by atoms with Gasteiger partial charge in [-0.1, -0.05) is 0 Å². The van der Waals surface area contributed by atoms with Crippen molar-refractivity contribution in [3.05, 3.63) is 33.5 Å². The first-order valence-electron chi connectivity index (χ1n) is 8.88. The molecule has 0 aromatic carbocycles. The molecule has 2 aromatic heterocycles. The van der Waals surface area contributed by atoms with Crippen molar-refractivity contribution in [1.82, 2.24) is 25.6 Å². The van der Waals surface area contributed by atoms with E-state index >= 15 is 0 Å². The number of hydrogen-bond acceptors (Lipinski definition) is 6. The lowest BCUT2D eigenvalue weighted by Crippen LogP contribution is -2.39. The Kier molecular flexibility index (Phi) is 7.97. The monoisotopic (exact) mass is 415 g/mol. The van der Waals surface area contributed by atoms with Crippen molar-refractivity contribution in [2.45, 2.75) is 33.4 Å². The molecule has 0 fully saturated rings. The van der Waals surface area contributed by atoms with E-state index in [0.29, 0.717) is 32.1 Å². The Morgan fingerprint density at radius 2 is 1.96 bits per heavy atom. The average Bonchev–Trinajstić information content (AvgIpc) is 2.96. The lowest BCUT2D eigenvalue weighted by molar-refractivity contribution is -0.141. The third-order valence-electron chi connectivity index (χ3n) is 3.66. The number of halogens is 3. The quantitative estimate of drug-likeness (QED) is 0.349. The van der Waals surface area contributed by atoms with Gasteiger partial charge in [-0.25, -0.2) is 15.0 Å². The van der Waals surface area contributed by atoms with E-state index in [0.717, 1.165) is 29.4 Å². The molecule has 2 heterocycles. The van der Waals surface area contributed by atoms with Gasteiger partial charge in [-0.3, -0.25) is 4.99 Å². The van der Waals surface area contributed by atoms with Gasteiger partial charge in [-0.2, -0.15) is 13.2 Å². The van der Waals surface area contributed by atoms with Gasteiger partial charge in [0.25, 0.3) is 0 Å². The molecule has 0 radical (unpaired) electrons. The SMILES string of the molecule is CCNC(=NCCc1nc(C)c(C)s1)NCCNc1nccc(C(F)(F)F)n1. The molecule has 0 bridgehead atoms. The highest BCUT2D eigenvalue weighted by Gasteiger charge is 2.32. The van der Waals surface area contributed by atoms with Gasteiger partial charge in [0, 0.05) is 43.7 Å². The zero-order valence-corrected chi connectivity index (χ0v) is 16.8. The molecular weight excluding hydrogens is 391 g/mol. The number of anilines is 1. The largest absolute Gasteiger partial charge is 0.433 e. The van der Waals surface area contributed by atoms with E-state index in [-0.39, 0.29) is 5.95 Å². The first kappa shape index (κ1) is 21.9. The molecule has 154 valence electrons. The zero-order valence-electron chi connectivity index (χ0n) is 16.0. The molecule has 2 rings (SSSR count). The summed E-state index contributed by atoms with van der Waals surface area (Å²) in [6.07, 6.45) is -2.65. The normalized spacial score (nSPS) is 12.1. The summed E-state index contributed by atoms with van der Waals surface area (Å²) in [5, 5.41) is 10.1. The number of aliphatic imine (C=N–C) groups is 1. The summed E-state index contributed by atoms with van der Waals surface area (Å²) < 4.78 is 38.0. The second-order valence-electron chi connectivity index (χ2n) is 5.88. The number of guanidine groups is 1. The van der Waals surface area contributed by atoms with E-state index in [9.17, 15) is 13.2 Å². The van der Waals surface area contributed by atoms with E-state index in [4.69, 9.17) is 0 Å². The predicted octanol–water partition coefficient (Wildman–Crippen LogP) is 2.78. The van der Waals surface area contributed by atoms with Crippen LogP contribution in [0, 0.1) is 13.8 Å². The van der Waals surface area contributed by atoms with Crippen LogP contribution in [0.15, 0.2) is 17.3 Å². The van der Waals surface area contributed by atoms with Crippen LogP contribution in [0.1, 0.15) is 28.2 Å². The van der Waals surface area contributed by atoms with Crippen LogP contribution in [0.25, 0.3) is 0 Å². The molecule has 7 nitrogen and oxygen atoms in total. The van der Waals surface area contributed by atoms with Crippen molar-refractivity contribution in [3.63, 3.8) is 0 Å². The summed E-state index contributed by atoms with van der Waals surface area (Å²) in [5.41, 5.74) is 0.0809. The molecule has 0 spiro atoms. The first-order valence-corrected chi connectivity index (χ1v) is 9.70. The number of nitrogens with zero attached hydrogens (tertiary/aromatic N) is 4. The Bertz CT molecular complexity index is 770. The van der Waals surface area contributed by atoms with Gasteiger partial charge >= 0.3 is 6.18 Å². The Labute approximate surface area is 165 Å². The maximum absolute atomic E-state index is 12.7. The van der Waals surface area contributed by atoms with Gasteiger partial charge in [0.05, 0.1) is 10.7 Å². The molecular formula is C17H24F3N7S. The van der Waals surface area contributed by atoms with Crippen LogP contribution in [0.4, 0.5) is 19.1 Å². The molecule has 11 heteroatoms. The average molecular weight is 415 g/mol. The van der Waals surface area contributed by atoms with E-state index < -0.39 is 11.9 Å². The molecule has 0 aliphatic rings. The molecule has 28 heavy (non-hydrogen) atoms. The number of thiazole rings is 1. The Morgan fingerprint density at radius 3 is 2.61 bits per heavy atom. The van der Waals surface area contributed by atoms with Crippen LogP contribution in [-0.4, -0.2) is 47.1 Å². The first-order chi connectivity index (χ1) is 13.3. The van der Waals surface area contributed by atoms with Crippen molar-refractivity contribution < 1.29 is 13.2 Å². The number of aryl methyl sites for hydroxylation is 2. The van der Waals surface area contributed by atoms with Crippen molar-refractivity contribution in [1.29, 1.82) is 0 Å². The number of hydrogen-bond donors (Lipinski definition) is 3. The minimum Gasteiger partial charge on any atom is -0.357 e. The maximum atomic E-state index is 12.7. The van der Waals surface area contributed by atoms with Gasteiger partial charge in [0.2, 0.25) is 5.95 Å². The second kappa shape index (κ2) is 10.2. The Morgan fingerprint density at radius 1 is 1.18 bits per heavy atom.